The molecule has 1 N–H and O–H groups in total. The minimum absolute atomic E-state index is 0.0140. The molecular weight excluding hydrogens is 1400 g/mol. The van der Waals surface area contributed by atoms with Gasteiger partial charge in [-0.3, -0.25) is 5.41 Å². The second-order valence-electron chi connectivity index (χ2n) is 25.5. The van der Waals surface area contributed by atoms with E-state index in [-0.39, 0.29) is 79.3 Å². The lowest BCUT2D eigenvalue weighted by Crippen LogP contribution is -2.68. The lowest BCUT2D eigenvalue weighted by Gasteiger charge is -2.51. The summed E-state index contributed by atoms with van der Waals surface area (Å²) in [5, 5.41) is 13.1. The van der Waals surface area contributed by atoms with Crippen LogP contribution in [0.4, 0.5) is 0 Å². The third kappa shape index (κ3) is 22.8. The number of hydrogen-bond acceptors (Lipinski definition) is 17. The van der Waals surface area contributed by atoms with Crippen molar-refractivity contribution in [3.05, 3.63) is 334 Å². The predicted octanol–water partition coefficient (Wildman–Crippen LogP) is 16.1. The molecule has 3 aliphatic rings. The van der Waals surface area contributed by atoms with Crippen LogP contribution in [-0.2, 0) is 131 Å². The fourth-order valence-corrected chi connectivity index (χ4v) is 12.8. The molecule has 0 saturated carbocycles. The molecule has 3 aliphatic heterocycles. The molecule has 1 unspecified atom stereocenters. The van der Waals surface area contributed by atoms with Crippen LogP contribution in [0.1, 0.15) is 50.1 Å². The Hall–Kier alpha value is -7.93. The highest BCUT2D eigenvalue weighted by molar-refractivity contribution is 6.76. The molecule has 22 heteroatoms. The molecule has 0 amide bonds. The van der Waals surface area contributed by atoms with Crippen molar-refractivity contribution in [2.45, 2.75) is 155 Å². The van der Waals surface area contributed by atoms with Crippen molar-refractivity contribution in [3.63, 3.8) is 0 Å². The monoisotopic (exact) mass is 1480 g/mol. The van der Waals surface area contributed by atoms with E-state index in [1.54, 1.807) is 0 Å². The fourth-order valence-electron chi connectivity index (χ4n) is 12.7. The molecule has 0 bridgehead atoms. The summed E-state index contributed by atoms with van der Waals surface area (Å²) >= 11 is 19.0. The minimum atomic E-state index is -2.37. The molecule has 3 heterocycles. The Kier molecular flexibility index (Phi) is 29.3. The standard InChI is InChI=1S/C83H85Cl3N4O15/c84-83(85,86)82(87)105-79-70(89-90-88)74(96-51-63-38-20-6-21-39-63)73(69(100-79)57-93-48-60-32-14-3-15-33-60)103-81-78(99-54-66-44-26-9-27-45-66)76(72(95-50-62-36-18-5-19-37-62)68(102-81)56-92-47-59-30-12-2-13-31-59)104-80-77(98-53-65-42-24-8-25-43-65)75(97-52-64-40-22-7-23-41-64)71(94-49-61-34-16-4-17-35-61)67(101-80)55-91-46-58-28-10-1-11-29-58/h1-45,67-81,87H,46-57H2/t67-,68+,69-,70-,71+,72+,73-,74-,75+,76+,77-,78-,79?,80-,81+/m1/s1. The molecule has 0 radical (unpaired) electrons. The molecule has 9 aromatic rings. The van der Waals surface area contributed by atoms with Gasteiger partial charge in [0.25, 0.3) is 3.79 Å². The van der Waals surface area contributed by atoms with Gasteiger partial charge in [-0.2, -0.15) is 0 Å². The molecule has 19 nitrogen and oxygen atoms in total. The Bertz CT molecular complexity index is 4010. The van der Waals surface area contributed by atoms with Gasteiger partial charge in [0.15, 0.2) is 12.6 Å². The quantitative estimate of drug-likeness (QED) is 0.00966. The Morgan fingerprint density at radius 1 is 0.324 bits per heavy atom. The van der Waals surface area contributed by atoms with Crippen molar-refractivity contribution < 1.29 is 71.1 Å². The average molecular weight is 1480 g/mol. The Morgan fingerprint density at radius 3 is 0.886 bits per heavy atom. The summed E-state index contributed by atoms with van der Waals surface area (Å²) < 4.78 is 105. The van der Waals surface area contributed by atoms with Crippen LogP contribution in [0.15, 0.2) is 278 Å². The third-order valence-electron chi connectivity index (χ3n) is 17.9. The van der Waals surface area contributed by atoms with E-state index in [1.807, 2.05) is 273 Å². The summed E-state index contributed by atoms with van der Waals surface area (Å²) in [5.74, 6) is -0.812. The van der Waals surface area contributed by atoms with Crippen molar-refractivity contribution in [2.75, 3.05) is 19.8 Å². The van der Waals surface area contributed by atoms with Crippen LogP contribution in [0.5, 0.6) is 0 Å². The normalized spacial score (nSPS) is 24.7. The highest BCUT2D eigenvalue weighted by atomic mass is 35.6. The number of nitrogens with one attached hydrogen (secondary N) is 1. The third-order valence-corrected chi connectivity index (χ3v) is 18.5. The average Bonchev–Trinajstić information content (AvgIpc) is 0.768. The number of benzene rings is 9. The van der Waals surface area contributed by atoms with Gasteiger partial charge in [0.1, 0.15) is 73.2 Å². The molecule has 0 aromatic heterocycles. The van der Waals surface area contributed by atoms with Crippen LogP contribution in [-0.4, -0.2) is 122 Å². The second-order valence-corrected chi connectivity index (χ2v) is 27.8. The molecule has 3 saturated heterocycles. The smallest absolute Gasteiger partial charge is 0.265 e. The minimum Gasteiger partial charge on any atom is -0.448 e. The number of alkyl halides is 3. The van der Waals surface area contributed by atoms with Gasteiger partial charge in [-0.15, -0.1) is 0 Å². The molecule has 105 heavy (non-hydrogen) atoms. The number of halogens is 3. The molecule has 0 aliphatic carbocycles. The summed E-state index contributed by atoms with van der Waals surface area (Å²) in [6.45, 7) is 0.696. The Morgan fingerprint density at radius 2 is 0.571 bits per heavy atom. The van der Waals surface area contributed by atoms with Gasteiger partial charge < -0.3 is 71.1 Å². The maximum Gasteiger partial charge on any atom is 0.265 e. The lowest BCUT2D eigenvalue weighted by atomic mass is 9.94. The maximum atomic E-state index is 10.6. The van der Waals surface area contributed by atoms with Crippen molar-refractivity contribution in [3.8, 4) is 0 Å². The number of nitrogens with zero attached hydrogens (tertiary/aromatic N) is 3. The SMILES string of the molecule is [N-]=[N+]=N[C@H]1C(OC(=N)C(Cl)(Cl)Cl)O[C@H](COCc2ccccc2)[C@@H](O[C@@H]2O[C@@H](COCc3ccccc3)[C@H](OCc3ccccc3)[C@H](O[C@H]3O[C@H](COCc4ccccc4)[C@H](OCc4ccccc4)[C@H](OCc4ccccc4)[C@H]3OCc3ccccc3)[C@H]2OCc2ccccc2)[C@@H]1OCc1ccccc1. The van der Waals surface area contributed by atoms with E-state index in [4.69, 9.17) is 111 Å². The largest absolute Gasteiger partial charge is 0.448 e. The molecule has 15 atom stereocenters. The lowest BCUT2D eigenvalue weighted by molar-refractivity contribution is -0.390. The number of azide groups is 1. The summed E-state index contributed by atoms with van der Waals surface area (Å²) in [6.07, 6.45) is -16.7. The van der Waals surface area contributed by atoms with Crippen molar-refractivity contribution in [1.82, 2.24) is 0 Å². The topological polar surface area (TPSA) is 211 Å². The number of ether oxygens (including phenoxy) is 15. The summed E-state index contributed by atoms with van der Waals surface area (Å²) in [7, 11) is 0. The number of hydrogen-bond donors (Lipinski definition) is 1. The maximum absolute atomic E-state index is 10.6. The zero-order chi connectivity index (χ0) is 72.3. The molecule has 9 aromatic carbocycles. The van der Waals surface area contributed by atoms with Crippen LogP contribution in [0.3, 0.4) is 0 Å². The predicted molar refractivity (Wildman–Crippen MR) is 396 cm³/mol. The second kappa shape index (κ2) is 40.1. The van der Waals surface area contributed by atoms with Gasteiger partial charge >= 0.3 is 0 Å². The van der Waals surface area contributed by atoms with Crippen molar-refractivity contribution in [1.29, 1.82) is 5.41 Å². The van der Waals surface area contributed by atoms with Gasteiger partial charge in [-0.05, 0) is 55.6 Å². The van der Waals surface area contributed by atoms with E-state index in [0.29, 0.717) is 0 Å². The van der Waals surface area contributed by atoms with Gasteiger partial charge in [-0.25, -0.2) is 0 Å². The van der Waals surface area contributed by atoms with E-state index >= 15 is 0 Å². The fraction of sp³-hybridized carbons (Fsp3) is 0.337. The number of rotatable bonds is 36. The van der Waals surface area contributed by atoms with Crippen LogP contribution in [0, 0.1) is 5.41 Å². The first kappa shape index (κ1) is 76.7. The van der Waals surface area contributed by atoms with Crippen LogP contribution < -0.4 is 0 Å². The van der Waals surface area contributed by atoms with Gasteiger partial charge in [-0.1, -0.05) is 313 Å². The first-order valence-corrected chi connectivity index (χ1v) is 36.1. The van der Waals surface area contributed by atoms with Gasteiger partial charge in [0, 0.05) is 4.91 Å². The molecule has 12 rings (SSSR count). The summed E-state index contributed by atoms with van der Waals surface area (Å²) in [4.78, 5) is 3.29. The van der Waals surface area contributed by atoms with Gasteiger partial charge in [0.2, 0.25) is 12.2 Å². The Balaban J connectivity index is 1.01. The van der Waals surface area contributed by atoms with Crippen molar-refractivity contribution >= 4 is 40.7 Å². The van der Waals surface area contributed by atoms with E-state index < -0.39 is 102 Å². The van der Waals surface area contributed by atoms with Gasteiger partial charge in [0.05, 0.1) is 79.3 Å². The molecule has 548 valence electrons. The van der Waals surface area contributed by atoms with E-state index in [1.165, 1.54) is 0 Å². The molecular formula is C83H85Cl3N4O15. The van der Waals surface area contributed by atoms with Crippen molar-refractivity contribution in [2.24, 2.45) is 5.11 Å². The highest BCUT2D eigenvalue weighted by Crippen LogP contribution is 2.41. The highest BCUT2D eigenvalue weighted by Gasteiger charge is 2.58. The zero-order valence-corrected chi connectivity index (χ0v) is 60.0. The first-order valence-electron chi connectivity index (χ1n) is 35.0. The zero-order valence-electron chi connectivity index (χ0n) is 57.7. The van der Waals surface area contributed by atoms with E-state index in [9.17, 15) is 5.53 Å². The Labute approximate surface area is 627 Å². The summed E-state index contributed by atoms with van der Waals surface area (Å²) in [5.41, 5.74) is 18.4. The van der Waals surface area contributed by atoms with Crippen LogP contribution in [0.2, 0.25) is 0 Å². The summed E-state index contributed by atoms with van der Waals surface area (Å²) in [6, 6.07) is 86.3. The van der Waals surface area contributed by atoms with E-state index in [0.717, 1.165) is 50.1 Å². The first-order chi connectivity index (χ1) is 51.6. The van der Waals surface area contributed by atoms with Crippen LogP contribution in [0.25, 0.3) is 10.4 Å². The molecule has 3 fully saturated rings. The van der Waals surface area contributed by atoms with Crippen LogP contribution >= 0.6 is 34.8 Å². The van der Waals surface area contributed by atoms with E-state index in [2.05, 4.69) is 10.0 Å². The molecule has 0 spiro atoms.